The van der Waals surface area contributed by atoms with Gasteiger partial charge in [0.1, 0.15) is 0 Å². The Hall–Kier alpha value is -2.47. The Labute approximate surface area is 188 Å². The van der Waals surface area contributed by atoms with Crippen LogP contribution in [0.4, 0.5) is 11.4 Å². The van der Waals surface area contributed by atoms with Crippen molar-refractivity contribution in [1.29, 1.82) is 0 Å². The molecule has 0 N–H and O–H groups in total. The molecule has 0 bridgehead atoms. The normalized spacial score (nSPS) is 20.3. The van der Waals surface area contributed by atoms with Crippen LogP contribution in [-0.4, -0.2) is 17.6 Å². The molecule has 2 aliphatic heterocycles. The summed E-state index contributed by atoms with van der Waals surface area (Å²) in [6.45, 7) is 0.339. The zero-order valence-electron chi connectivity index (χ0n) is 15.7. The lowest BCUT2D eigenvalue weighted by Gasteiger charge is -2.33. The number of amides is 2. The monoisotopic (exact) mass is 454 g/mol. The van der Waals surface area contributed by atoms with E-state index in [2.05, 4.69) is 0 Å². The van der Waals surface area contributed by atoms with Gasteiger partial charge in [-0.1, -0.05) is 65.7 Å². The number of anilines is 2. The largest absolute Gasteiger partial charge is 0.304 e. The minimum Gasteiger partial charge on any atom is -0.304 e. The van der Waals surface area contributed by atoms with E-state index >= 15 is 0 Å². The van der Waals surface area contributed by atoms with E-state index in [9.17, 15) is 9.59 Å². The fourth-order valence-electron chi connectivity index (χ4n) is 4.11. The highest BCUT2D eigenvalue weighted by Crippen LogP contribution is 2.55. The number of hydrogen-bond donors (Lipinski definition) is 0. The summed E-state index contributed by atoms with van der Waals surface area (Å²) in [5, 5.41) is 0.914. The Morgan fingerprint density at radius 1 is 0.900 bits per heavy atom. The highest BCUT2D eigenvalue weighted by Gasteiger charge is 2.60. The molecule has 0 aromatic heterocycles. The molecule has 0 radical (unpaired) electrons. The molecule has 1 spiro atoms. The fraction of sp³-hybridized carbons (Fsp3) is 0.130. The summed E-state index contributed by atoms with van der Waals surface area (Å²) in [6, 6.07) is 22.4. The zero-order chi connectivity index (χ0) is 20.9. The van der Waals surface area contributed by atoms with Crippen molar-refractivity contribution in [3.05, 3.63) is 94.0 Å². The lowest BCUT2D eigenvalue weighted by atomic mass is 10.0. The van der Waals surface area contributed by atoms with Gasteiger partial charge in [0.25, 0.3) is 5.91 Å². The van der Waals surface area contributed by atoms with Gasteiger partial charge in [-0.3, -0.25) is 14.5 Å². The van der Waals surface area contributed by atoms with Gasteiger partial charge in [0.05, 0.1) is 28.0 Å². The maximum atomic E-state index is 13.9. The lowest BCUT2D eigenvalue weighted by Crippen LogP contribution is -2.49. The standard InChI is InChI=1S/C23H16Cl2N2O2S/c24-18-11-10-15(12-19(18)25)13-26-20-9-5-4-8-17(20)23(22(26)29)27(21(28)14-30-23)16-6-2-1-3-7-16/h1-12H,13-14H2/t23-/m1/s1. The summed E-state index contributed by atoms with van der Waals surface area (Å²) in [5.74, 6) is 0.0375. The number of hydrogen-bond acceptors (Lipinski definition) is 3. The predicted octanol–water partition coefficient (Wildman–Crippen LogP) is 5.47. The first-order valence-corrected chi connectivity index (χ1v) is 11.1. The SMILES string of the molecule is O=C1CS[C@]2(C(=O)N(Cc3ccc(Cl)c(Cl)c3)c3ccccc32)N1c1ccccc1. The third kappa shape index (κ3) is 2.84. The number of benzene rings is 3. The summed E-state index contributed by atoms with van der Waals surface area (Å²) < 4.78 is 0. The fourth-order valence-corrected chi connectivity index (χ4v) is 5.79. The molecule has 0 saturated carbocycles. The number of thioether (sulfide) groups is 1. The van der Waals surface area contributed by atoms with E-state index in [1.165, 1.54) is 11.8 Å². The van der Waals surface area contributed by atoms with Crippen LogP contribution in [0.15, 0.2) is 72.8 Å². The molecule has 5 rings (SSSR count). The molecule has 4 nitrogen and oxygen atoms in total. The minimum absolute atomic E-state index is 0.0780. The van der Waals surface area contributed by atoms with Gasteiger partial charge in [-0.2, -0.15) is 0 Å². The second kappa shape index (κ2) is 7.34. The van der Waals surface area contributed by atoms with Crippen LogP contribution in [-0.2, 0) is 21.0 Å². The number of fused-ring (bicyclic) bond motifs is 2. The molecule has 1 saturated heterocycles. The maximum absolute atomic E-state index is 13.9. The molecule has 0 aliphatic carbocycles. The van der Waals surface area contributed by atoms with Crippen molar-refractivity contribution in [3.8, 4) is 0 Å². The Morgan fingerprint density at radius 3 is 2.40 bits per heavy atom. The number of rotatable bonds is 3. The third-order valence-corrected chi connectivity index (χ3v) is 7.53. The van der Waals surface area contributed by atoms with Crippen molar-refractivity contribution in [2.75, 3.05) is 15.6 Å². The maximum Gasteiger partial charge on any atom is 0.269 e. The molecule has 2 heterocycles. The van der Waals surface area contributed by atoms with E-state index in [1.807, 2.05) is 60.7 Å². The number of nitrogens with zero attached hydrogens (tertiary/aromatic N) is 2. The molecule has 7 heteroatoms. The summed E-state index contributed by atoms with van der Waals surface area (Å²) in [5.41, 5.74) is 3.21. The van der Waals surface area contributed by atoms with Crippen molar-refractivity contribution in [3.63, 3.8) is 0 Å². The van der Waals surface area contributed by atoms with Crippen molar-refractivity contribution in [1.82, 2.24) is 0 Å². The van der Waals surface area contributed by atoms with Crippen LogP contribution in [0.3, 0.4) is 0 Å². The predicted molar refractivity (Wildman–Crippen MR) is 122 cm³/mol. The Morgan fingerprint density at radius 2 is 1.63 bits per heavy atom. The van der Waals surface area contributed by atoms with Crippen molar-refractivity contribution >= 4 is 58.2 Å². The summed E-state index contributed by atoms with van der Waals surface area (Å²) in [6.07, 6.45) is 0. The quantitative estimate of drug-likeness (QED) is 0.526. The van der Waals surface area contributed by atoms with Gasteiger partial charge in [-0.15, -0.1) is 11.8 Å². The van der Waals surface area contributed by atoms with E-state index < -0.39 is 4.87 Å². The van der Waals surface area contributed by atoms with Crippen LogP contribution < -0.4 is 9.80 Å². The molecule has 3 aromatic rings. The molecule has 1 atom stereocenters. The van der Waals surface area contributed by atoms with Crippen LogP contribution in [0.1, 0.15) is 11.1 Å². The minimum atomic E-state index is -1.11. The zero-order valence-corrected chi connectivity index (χ0v) is 18.0. The lowest BCUT2D eigenvalue weighted by molar-refractivity contribution is -0.123. The van der Waals surface area contributed by atoms with Crippen LogP contribution in [0.2, 0.25) is 10.0 Å². The molecule has 150 valence electrons. The van der Waals surface area contributed by atoms with Crippen molar-refractivity contribution in [2.24, 2.45) is 0 Å². The van der Waals surface area contributed by atoms with E-state index in [0.29, 0.717) is 22.3 Å². The first-order valence-electron chi connectivity index (χ1n) is 9.40. The highest BCUT2D eigenvalue weighted by atomic mass is 35.5. The smallest absolute Gasteiger partial charge is 0.269 e. The Kier molecular flexibility index (Phi) is 4.77. The van der Waals surface area contributed by atoms with Crippen molar-refractivity contribution in [2.45, 2.75) is 11.4 Å². The van der Waals surface area contributed by atoms with Gasteiger partial charge >= 0.3 is 0 Å². The first kappa shape index (κ1) is 19.5. The number of carbonyl (C=O) groups is 2. The van der Waals surface area contributed by atoms with Crippen LogP contribution in [0.25, 0.3) is 0 Å². The topological polar surface area (TPSA) is 40.6 Å². The summed E-state index contributed by atoms with van der Waals surface area (Å²) in [7, 11) is 0. The molecule has 3 aromatic carbocycles. The van der Waals surface area contributed by atoms with Crippen molar-refractivity contribution < 1.29 is 9.59 Å². The summed E-state index contributed by atoms with van der Waals surface area (Å²) in [4.78, 5) is 29.1. The molecule has 0 unspecified atom stereocenters. The van der Waals surface area contributed by atoms with Gasteiger partial charge < -0.3 is 4.90 Å². The number of halogens is 2. The Bertz CT molecular complexity index is 1170. The second-order valence-electron chi connectivity index (χ2n) is 7.15. The molecular formula is C23H16Cl2N2O2S. The summed E-state index contributed by atoms with van der Waals surface area (Å²) >= 11 is 13.6. The van der Waals surface area contributed by atoms with Gasteiger partial charge in [-0.05, 0) is 35.9 Å². The number of para-hydroxylation sites is 2. The molecular weight excluding hydrogens is 439 g/mol. The van der Waals surface area contributed by atoms with E-state index in [1.54, 1.807) is 21.9 Å². The molecule has 1 fully saturated rings. The average molecular weight is 455 g/mol. The molecule has 2 aliphatic rings. The highest BCUT2D eigenvalue weighted by molar-refractivity contribution is 8.02. The van der Waals surface area contributed by atoms with Gasteiger partial charge in [-0.25, -0.2) is 0 Å². The van der Waals surface area contributed by atoms with Crippen LogP contribution in [0, 0.1) is 0 Å². The first-order chi connectivity index (χ1) is 14.5. The van der Waals surface area contributed by atoms with E-state index in [-0.39, 0.29) is 17.6 Å². The third-order valence-electron chi connectivity index (χ3n) is 5.40. The van der Waals surface area contributed by atoms with Gasteiger partial charge in [0.2, 0.25) is 10.8 Å². The average Bonchev–Trinajstić information content (AvgIpc) is 3.22. The van der Waals surface area contributed by atoms with Crippen LogP contribution in [0.5, 0.6) is 0 Å². The second-order valence-corrected chi connectivity index (χ2v) is 9.14. The van der Waals surface area contributed by atoms with E-state index in [4.69, 9.17) is 23.2 Å². The molecule has 30 heavy (non-hydrogen) atoms. The number of carbonyl (C=O) groups excluding carboxylic acids is 2. The molecule has 2 amide bonds. The van der Waals surface area contributed by atoms with Crippen LogP contribution >= 0.6 is 35.0 Å². The van der Waals surface area contributed by atoms with Gasteiger partial charge in [0.15, 0.2) is 0 Å². The van der Waals surface area contributed by atoms with E-state index in [0.717, 1.165) is 16.8 Å². The van der Waals surface area contributed by atoms with Gasteiger partial charge in [0, 0.05) is 11.3 Å². The Balaban J connectivity index is 1.63.